The lowest BCUT2D eigenvalue weighted by atomic mass is 9.72. The van der Waals surface area contributed by atoms with E-state index in [-0.39, 0.29) is 23.0 Å². The molecular formula is C27H30Cl2N6O2S2. The smallest absolute Gasteiger partial charge is 0.251 e. The molecule has 0 saturated heterocycles. The minimum atomic E-state index is -0.444. The lowest BCUT2D eigenvalue weighted by Crippen LogP contribution is -2.28. The third-order valence-electron chi connectivity index (χ3n) is 6.97. The summed E-state index contributed by atoms with van der Waals surface area (Å²) in [6.07, 6.45) is 2.85. The van der Waals surface area contributed by atoms with Crippen LogP contribution in [-0.4, -0.2) is 32.3 Å². The Labute approximate surface area is 246 Å². The normalized spacial score (nSPS) is 15.8. The second kappa shape index (κ2) is 11.9. The molecule has 0 saturated carbocycles. The molecule has 2 aromatic heterocycles. The molecule has 1 aliphatic carbocycles. The fourth-order valence-corrected chi connectivity index (χ4v) is 6.95. The third kappa shape index (κ3) is 6.60. The van der Waals surface area contributed by atoms with Crippen LogP contribution in [0.25, 0.3) is 0 Å². The van der Waals surface area contributed by atoms with Gasteiger partial charge >= 0.3 is 0 Å². The maximum absolute atomic E-state index is 12.8. The number of thiophene rings is 1. The van der Waals surface area contributed by atoms with Gasteiger partial charge in [0.25, 0.3) is 5.91 Å². The predicted molar refractivity (Wildman–Crippen MR) is 157 cm³/mol. The largest absolute Gasteiger partial charge is 0.342 e. The van der Waals surface area contributed by atoms with Gasteiger partial charge in [-0.3, -0.25) is 9.59 Å². The Morgan fingerprint density at radius 2 is 2.03 bits per heavy atom. The van der Waals surface area contributed by atoms with Crippen molar-refractivity contribution in [3.8, 4) is 6.07 Å². The van der Waals surface area contributed by atoms with Crippen LogP contribution < -0.4 is 10.6 Å². The Hall–Kier alpha value is -2.58. The molecule has 2 heterocycles. The zero-order chi connectivity index (χ0) is 28.5. The van der Waals surface area contributed by atoms with E-state index < -0.39 is 6.04 Å². The highest BCUT2D eigenvalue weighted by molar-refractivity contribution is 7.99. The lowest BCUT2D eigenvalue weighted by Gasteiger charge is -2.33. The minimum absolute atomic E-state index is 0.105. The molecule has 0 bridgehead atoms. The number of benzene rings is 1. The molecule has 0 unspecified atom stereocenters. The minimum Gasteiger partial charge on any atom is -0.342 e. The van der Waals surface area contributed by atoms with Crippen molar-refractivity contribution in [1.82, 2.24) is 20.1 Å². The molecule has 1 aliphatic rings. The van der Waals surface area contributed by atoms with Crippen LogP contribution in [0.4, 0.5) is 5.00 Å². The van der Waals surface area contributed by atoms with Crippen LogP contribution in [0.1, 0.15) is 72.3 Å². The van der Waals surface area contributed by atoms with E-state index in [9.17, 15) is 14.9 Å². The fraction of sp³-hybridized carbons (Fsp3) is 0.444. The third-order valence-corrected chi connectivity index (χ3v) is 9.90. The van der Waals surface area contributed by atoms with Crippen molar-refractivity contribution in [2.24, 2.45) is 18.4 Å². The van der Waals surface area contributed by atoms with Gasteiger partial charge < -0.3 is 15.2 Å². The molecule has 39 heavy (non-hydrogen) atoms. The highest BCUT2D eigenvalue weighted by Crippen LogP contribution is 2.44. The standard InChI is InChI=1S/C27H30Cl2N6O2S2/c1-14(31-24(37)15-6-9-19(28)20(29)10-15)23-33-34-26(35(23)5)38-13-22(36)32-25-18(12-30)17-8-7-16(27(2,3)4)11-21(17)39-25/h6,9-10,14,16H,7-8,11,13H2,1-5H3,(H,31,37)(H,32,36)/t14-,16-/m1/s1. The topological polar surface area (TPSA) is 113 Å². The van der Waals surface area contributed by atoms with Crippen molar-refractivity contribution in [2.75, 3.05) is 11.1 Å². The van der Waals surface area contributed by atoms with Crippen molar-refractivity contribution in [3.05, 3.63) is 55.6 Å². The Bertz CT molecular complexity index is 1450. The molecule has 8 nitrogen and oxygen atoms in total. The van der Waals surface area contributed by atoms with E-state index in [0.29, 0.717) is 43.1 Å². The van der Waals surface area contributed by atoms with Gasteiger partial charge in [-0.15, -0.1) is 21.5 Å². The molecule has 206 valence electrons. The number of halogens is 2. The molecule has 2 amide bonds. The van der Waals surface area contributed by atoms with E-state index in [2.05, 4.69) is 47.7 Å². The number of aromatic nitrogens is 3. The summed E-state index contributed by atoms with van der Waals surface area (Å²) in [6.45, 7) is 8.56. The molecule has 0 fully saturated rings. The second-order valence-electron chi connectivity index (χ2n) is 10.7. The van der Waals surface area contributed by atoms with Crippen LogP contribution in [0, 0.1) is 22.7 Å². The molecule has 4 rings (SSSR count). The summed E-state index contributed by atoms with van der Waals surface area (Å²) in [5.41, 5.74) is 2.26. The maximum Gasteiger partial charge on any atom is 0.251 e. The SMILES string of the molecule is C[C@@H](NC(=O)c1ccc(Cl)c(Cl)c1)c1nnc(SCC(=O)Nc2sc3c(c2C#N)CC[C@@H](C(C)(C)C)C3)n1C. The molecule has 2 N–H and O–H groups in total. The van der Waals surface area contributed by atoms with Crippen LogP contribution in [0.15, 0.2) is 23.4 Å². The average Bonchev–Trinajstić information content (AvgIpc) is 3.42. The van der Waals surface area contributed by atoms with Crippen molar-refractivity contribution >= 4 is 63.1 Å². The van der Waals surface area contributed by atoms with E-state index in [4.69, 9.17) is 23.2 Å². The Morgan fingerprint density at radius 1 is 1.28 bits per heavy atom. The number of nitrogens with one attached hydrogen (secondary N) is 2. The molecule has 0 radical (unpaired) electrons. The van der Waals surface area contributed by atoms with E-state index in [1.165, 1.54) is 34.0 Å². The van der Waals surface area contributed by atoms with Crippen molar-refractivity contribution < 1.29 is 9.59 Å². The molecule has 12 heteroatoms. The number of anilines is 1. The van der Waals surface area contributed by atoms with E-state index >= 15 is 0 Å². The van der Waals surface area contributed by atoms with Gasteiger partial charge in [-0.05, 0) is 61.3 Å². The second-order valence-corrected chi connectivity index (χ2v) is 13.5. The molecule has 2 atom stereocenters. The summed E-state index contributed by atoms with van der Waals surface area (Å²) < 4.78 is 1.74. The summed E-state index contributed by atoms with van der Waals surface area (Å²) in [7, 11) is 1.78. The van der Waals surface area contributed by atoms with Gasteiger partial charge in [0.2, 0.25) is 5.91 Å². The number of amides is 2. The molecule has 3 aromatic rings. The summed E-state index contributed by atoms with van der Waals surface area (Å²) in [5.74, 6) is 0.660. The fourth-order valence-electron chi connectivity index (χ4n) is 4.64. The number of nitriles is 1. The predicted octanol–water partition coefficient (Wildman–Crippen LogP) is 6.43. The highest BCUT2D eigenvalue weighted by Gasteiger charge is 2.32. The quantitative estimate of drug-likeness (QED) is 0.300. The van der Waals surface area contributed by atoms with Gasteiger partial charge in [0.05, 0.1) is 27.4 Å². The molecular weight excluding hydrogens is 575 g/mol. The number of carbonyl (C=O) groups excluding carboxylic acids is 2. The van der Waals surface area contributed by atoms with Gasteiger partial charge in [0.15, 0.2) is 11.0 Å². The summed E-state index contributed by atoms with van der Waals surface area (Å²) in [5, 5.41) is 25.9. The van der Waals surface area contributed by atoms with Crippen LogP contribution in [0.2, 0.25) is 10.0 Å². The summed E-state index contributed by atoms with van der Waals surface area (Å²) in [4.78, 5) is 26.7. The van der Waals surface area contributed by atoms with Crippen molar-refractivity contribution in [2.45, 2.75) is 58.2 Å². The number of fused-ring (bicyclic) bond motifs is 1. The number of nitrogens with zero attached hydrogens (tertiary/aromatic N) is 4. The van der Waals surface area contributed by atoms with Crippen molar-refractivity contribution in [3.63, 3.8) is 0 Å². The average molecular weight is 606 g/mol. The van der Waals surface area contributed by atoms with E-state index in [1.54, 1.807) is 30.7 Å². The Balaban J connectivity index is 1.37. The zero-order valence-electron chi connectivity index (χ0n) is 22.4. The maximum atomic E-state index is 12.8. The first-order chi connectivity index (χ1) is 18.4. The first-order valence-corrected chi connectivity index (χ1v) is 15.1. The lowest BCUT2D eigenvalue weighted by molar-refractivity contribution is -0.113. The summed E-state index contributed by atoms with van der Waals surface area (Å²) >= 11 is 14.7. The number of hydrogen-bond acceptors (Lipinski definition) is 7. The zero-order valence-corrected chi connectivity index (χ0v) is 25.5. The number of rotatable bonds is 7. The van der Waals surface area contributed by atoms with Crippen LogP contribution in [-0.2, 0) is 24.7 Å². The monoisotopic (exact) mass is 604 g/mol. The molecule has 1 aromatic carbocycles. The first kappa shape index (κ1) is 29.4. The number of hydrogen-bond donors (Lipinski definition) is 2. The molecule has 0 aliphatic heterocycles. The number of thioether (sulfide) groups is 1. The van der Waals surface area contributed by atoms with Gasteiger partial charge in [0, 0.05) is 17.5 Å². The van der Waals surface area contributed by atoms with Crippen LogP contribution >= 0.6 is 46.3 Å². The summed E-state index contributed by atoms with van der Waals surface area (Å²) in [6, 6.07) is 6.53. The van der Waals surface area contributed by atoms with E-state index in [1.807, 2.05) is 0 Å². The Morgan fingerprint density at radius 3 is 2.69 bits per heavy atom. The van der Waals surface area contributed by atoms with Gasteiger partial charge in [-0.1, -0.05) is 55.7 Å². The highest BCUT2D eigenvalue weighted by atomic mass is 35.5. The molecule has 0 spiro atoms. The van der Waals surface area contributed by atoms with Crippen molar-refractivity contribution in [1.29, 1.82) is 5.26 Å². The number of carbonyl (C=O) groups is 2. The van der Waals surface area contributed by atoms with Crippen LogP contribution in [0.5, 0.6) is 0 Å². The van der Waals surface area contributed by atoms with E-state index in [0.717, 1.165) is 24.8 Å². The van der Waals surface area contributed by atoms with Gasteiger partial charge in [-0.25, -0.2) is 0 Å². The van der Waals surface area contributed by atoms with Crippen LogP contribution in [0.3, 0.4) is 0 Å². The van der Waals surface area contributed by atoms with Gasteiger partial charge in [-0.2, -0.15) is 5.26 Å². The van der Waals surface area contributed by atoms with Gasteiger partial charge in [0.1, 0.15) is 11.1 Å². The Kier molecular flexibility index (Phi) is 8.96. The first-order valence-electron chi connectivity index (χ1n) is 12.5.